The lowest BCUT2D eigenvalue weighted by Crippen LogP contribution is -2.58. The molecule has 6 nitrogen and oxygen atoms in total. The smallest absolute Gasteiger partial charge is 0.162 e. The molecule has 5 atom stereocenters. The molecule has 1 saturated heterocycles. The molecule has 0 bridgehead atoms. The molecule has 0 saturated carbocycles. The van der Waals surface area contributed by atoms with Gasteiger partial charge in [0.15, 0.2) is 6.10 Å². The van der Waals surface area contributed by atoms with E-state index in [0.29, 0.717) is 11.5 Å². The summed E-state index contributed by atoms with van der Waals surface area (Å²) in [6.07, 6.45) is -4.15. The molecule has 1 aromatic carbocycles. The molecule has 0 spiro atoms. The van der Waals surface area contributed by atoms with Crippen LogP contribution in [0.2, 0.25) is 0 Å². The van der Waals surface area contributed by atoms with Crippen molar-refractivity contribution in [3.63, 3.8) is 0 Å². The van der Waals surface area contributed by atoms with Gasteiger partial charge in [0.05, 0.1) is 13.7 Å². The van der Waals surface area contributed by atoms with Gasteiger partial charge in [-0.05, 0) is 24.3 Å². The zero-order chi connectivity index (χ0) is 14.7. The van der Waals surface area contributed by atoms with E-state index in [1.54, 1.807) is 31.4 Å². The van der Waals surface area contributed by atoms with Crippen molar-refractivity contribution >= 4 is 12.6 Å². The number of ether oxygens (including phenoxy) is 3. The number of thiol groups is 1. The predicted octanol–water partition coefficient (Wildman–Crippen LogP) is -0.189. The average Bonchev–Trinajstić information content (AvgIpc) is 2.48. The summed E-state index contributed by atoms with van der Waals surface area (Å²) in [4.78, 5) is 0. The van der Waals surface area contributed by atoms with Crippen molar-refractivity contribution in [2.24, 2.45) is 0 Å². The Balaban J connectivity index is 2.07. The Labute approximate surface area is 122 Å². The highest BCUT2D eigenvalue weighted by atomic mass is 32.1. The number of hydrogen-bond donors (Lipinski definition) is 4. The Hall–Kier alpha value is -0.990. The fourth-order valence-electron chi connectivity index (χ4n) is 2.01. The van der Waals surface area contributed by atoms with Crippen LogP contribution in [0.4, 0.5) is 0 Å². The van der Waals surface area contributed by atoms with Crippen LogP contribution in [0.1, 0.15) is 0 Å². The van der Waals surface area contributed by atoms with E-state index < -0.39 is 36.5 Å². The fourth-order valence-corrected chi connectivity index (χ4v) is 2.40. The third-order valence-corrected chi connectivity index (χ3v) is 3.59. The van der Waals surface area contributed by atoms with E-state index in [9.17, 15) is 10.2 Å². The van der Waals surface area contributed by atoms with Gasteiger partial charge in [0.2, 0.25) is 0 Å². The molecule has 0 unspecified atom stereocenters. The van der Waals surface area contributed by atoms with Crippen molar-refractivity contribution < 1.29 is 29.5 Å². The van der Waals surface area contributed by atoms with Crippen LogP contribution in [0.15, 0.2) is 24.3 Å². The molecular weight excluding hydrogens is 284 g/mol. The largest absolute Gasteiger partial charge is 0.497 e. The van der Waals surface area contributed by atoms with E-state index in [-0.39, 0.29) is 0 Å². The Morgan fingerprint density at radius 1 is 1.15 bits per heavy atom. The topological polar surface area (TPSA) is 88.4 Å². The van der Waals surface area contributed by atoms with Crippen molar-refractivity contribution in [3.8, 4) is 11.5 Å². The van der Waals surface area contributed by atoms with Gasteiger partial charge in [0, 0.05) is 0 Å². The van der Waals surface area contributed by atoms with Crippen LogP contribution in [0, 0.1) is 0 Å². The molecule has 2 rings (SSSR count). The minimum absolute atomic E-state index is 0.398. The van der Waals surface area contributed by atoms with Gasteiger partial charge in [0.1, 0.15) is 35.2 Å². The molecule has 0 aromatic heterocycles. The predicted molar refractivity (Wildman–Crippen MR) is 74.2 cm³/mol. The van der Waals surface area contributed by atoms with Gasteiger partial charge >= 0.3 is 0 Å². The normalized spacial score (nSPS) is 33.8. The maximum Gasteiger partial charge on any atom is 0.162 e. The number of aliphatic hydroxyl groups excluding tert-OH is 3. The standard InChI is InChI=1S/C13H18O6S/c1-17-7-2-4-8(5-3-7)18-12-11(16)10(15)9(6-14)19-13(12)20/h2-5,9-16,20H,6H2,1H3/t9-,10-,11+,12+,13+/m1/s1. The highest BCUT2D eigenvalue weighted by Crippen LogP contribution is 2.28. The molecule has 3 N–H and O–H groups in total. The van der Waals surface area contributed by atoms with E-state index >= 15 is 0 Å². The highest BCUT2D eigenvalue weighted by Gasteiger charge is 2.44. The van der Waals surface area contributed by atoms with Crippen LogP contribution in [0.25, 0.3) is 0 Å². The first kappa shape index (κ1) is 15.4. The number of hydrogen-bond acceptors (Lipinski definition) is 7. The molecule has 1 aliphatic heterocycles. The Kier molecular flexibility index (Phi) is 5.11. The van der Waals surface area contributed by atoms with E-state index in [1.165, 1.54) is 0 Å². The SMILES string of the molecule is COc1ccc(O[C@H]2[C@@H](O)[C@H](O)[C@@H](CO)O[C@H]2S)cc1. The first-order valence-corrected chi connectivity index (χ1v) is 6.69. The summed E-state index contributed by atoms with van der Waals surface area (Å²) in [6, 6.07) is 6.78. The minimum atomic E-state index is -1.23. The van der Waals surface area contributed by atoms with Gasteiger partial charge in [-0.25, -0.2) is 0 Å². The minimum Gasteiger partial charge on any atom is -0.497 e. The third kappa shape index (κ3) is 3.18. The molecule has 0 radical (unpaired) electrons. The lowest BCUT2D eigenvalue weighted by molar-refractivity contribution is -0.198. The molecule has 1 fully saturated rings. The lowest BCUT2D eigenvalue weighted by atomic mass is 10.00. The molecule has 7 heteroatoms. The first-order valence-electron chi connectivity index (χ1n) is 6.18. The Morgan fingerprint density at radius 2 is 1.75 bits per heavy atom. The summed E-state index contributed by atoms with van der Waals surface area (Å²) in [5.74, 6) is 1.17. The molecule has 1 heterocycles. The van der Waals surface area contributed by atoms with E-state index in [4.69, 9.17) is 19.3 Å². The molecule has 0 aliphatic carbocycles. The average molecular weight is 302 g/mol. The zero-order valence-electron chi connectivity index (χ0n) is 10.9. The van der Waals surface area contributed by atoms with Gasteiger partial charge in [0.25, 0.3) is 0 Å². The number of methoxy groups -OCH3 is 1. The van der Waals surface area contributed by atoms with Crippen LogP contribution in [0.3, 0.4) is 0 Å². The summed E-state index contributed by atoms with van der Waals surface area (Å²) in [5.41, 5.74) is -0.757. The van der Waals surface area contributed by atoms with E-state index in [2.05, 4.69) is 12.6 Å². The molecule has 20 heavy (non-hydrogen) atoms. The Morgan fingerprint density at radius 3 is 2.30 bits per heavy atom. The van der Waals surface area contributed by atoms with Crippen LogP contribution in [-0.2, 0) is 4.74 Å². The second-order valence-corrected chi connectivity index (χ2v) is 5.00. The van der Waals surface area contributed by atoms with Gasteiger partial charge in [-0.15, -0.1) is 12.6 Å². The third-order valence-electron chi connectivity index (χ3n) is 3.17. The van der Waals surface area contributed by atoms with Crippen LogP contribution in [0.5, 0.6) is 11.5 Å². The molecule has 0 amide bonds. The van der Waals surface area contributed by atoms with Crippen LogP contribution >= 0.6 is 12.6 Å². The van der Waals surface area contributed by atoms with Crippen LogP contribution < -0.4 is 9.47 Å². The maximum atomic E-state index is 10.0. The van der Waals surface area contributed by atoms with Gasteiger partial charge in [-0.3, -0.25) is 0 Å². The van der Waals surface area contributed by atoms with Gasteiger partial charge in [-0.2, -0.15) is 0 Å². The van der Waals surface area contributed by atoms with Crippen molar-refractivity contribution in [2.45, 2.75) is 29.9 Å². The second kappa shape index (κ2) is 6.64. The first-order chi connectivity index (χ1) is 9.56. The fraction of sp³-hybridized carbons (Fsp3) is 0.538. The molecule has 1 aromatic rings. The van der Waals surface area contributed by atoms with Gasteiger partial charge < -0.3 is 29.5 Å². The monoisotopic (exact) mass is 302 g/mol. The summed E-state index contributed by atoms with van der Waals surface area (Å²) in [7, 11) is 1.56. The number of rotatable bonds is 4. The van der Waals surface area contributed by atoms with Gasteiger partial charge in [-0.1, -0.05) is 0 Å². The van der Waals surface area contributed by atoms with Crippen molar-refractivity contribution in [1.82, 2.24) is 0 Å². The number of aliphatic hydroxyl groups is 3. The summed E-state index contributed by atoms with van der Waals surface area (Å²) < 4.78 is 15.9. The Bertz CT molecular complexity index is 425. The summed E-state index contributed by atoms with van der Waals surface area (Å²) in [6.45, 7) is -0.398. The number of benzene rings is 1. The summed E-state index contributed by atoms with van der Waals surface area (Å²) >= 11 is 4.18. The summed E-state index contributed by atoms with van der Waals surface area (Å²) in [5, 5.41) is 28.9. The van der Waals surface area contributed by atoms with E-state index in [0.717, 1.165) is 0 Å². The second-order valence-electron chi connectivity index (χ2n) is 4.49. The molecule has 1 aliphatic rings. The lowest BCUT2D eigenvalue weighted by Gasteiger charge is -2.40. The maximum absolute atomic E-state index is 10.0. The van der Waals surface area contributed by atoms with Crippen LogP contribution in [-0.4, -0.2) is 58.9 Å². The van der Waals surface area contributed by atoms with E-state index in [1.807, 2.05) is 0 Å². The zero-order valence-corrected chi connectivity index (χ0v) is 11.8. The van der Waals surface area contributed by atoms with Crippen molar-refractivity contribution in [3.05, 3.63) is 24.3 Å². The van der Waals surface area contributed by atoms with Crippen molar-refractivity contribution in [2.75, 3.05) is 13.7 Å². The molecular formula is C13H18O6S. The highest BCUT2D eigenvalue weighted by molar-refractivity contribution is 7.80. The van der Waals surface area contributed by atoms with Crippen molar-refractivity contribution in [1.29, 1.82) is 0 Å². The molecule has 112 valence electrons. The quantitative estimate of drug-likeness (QED) is 0.577.